The Labute approximate surface area is 143 Å². The number of rotatable bonds is 6. The van der Waals surface area contributed by atoms with Crippen LogP contribution in [0, 0.1) is 0 Å². The van der Waals surface area contributed by atoms with Crippen molar-refractivity contribution in [3.63, 3.8) is 0 Å². The number of methoxy groups -OCH3 is 1. The monoisotopic (exact) mass is 349 g/mol. The van der Waals surface area contributed by atoms with Crippen molar-refractivity contribution in [3.05, 3.63) is 39.8 Å². The van der Waals surface area contributed by atoms with Crippen molar-refractivity contribution in [2.75, 3.05) is 12.4 Å². The van der Waals surface area contributed by atoms with E-state index < -0.39 is 11.9 Å². The molecular formula is C16H19N3O4S. The van der Waals surface area contributed by atoms with Crippen LogP contribution in [0.2, 0.25) is 0 Å². The summed E-state index contributed by atoms with van der Waals surface area (Å²) in [4.78, 5) is 28.2. The van der Waals surface area contributed by atoms with E-state index in [1.54, 1.807) is 17.5 Å². The lowest BCUT2D eigenvalue weighted by molar-refractivity contribution is 0.0600. The largest absolute Gasteiger partial charge is 0.489 e. The number of carbonyl (C=O) groups excluding carboxylic acids is 2. The molecule has 0 atom stereocenters. The van der Waals surface area contributed by atoms with Gasteiger partial charge in [0.15, 0.2) is 0 Å². The first kappa shape index (κ1) is 17.9. The van der Waals surface area contributed by atoms with E-state index in [0.29, 0.717) is 22.0 Å². The fraction of sp³-hybridized carbons (Fsp3) is 0.312. The van der Waals surface area contributed by atoms with E-state index in [1.165, 1.54) is 24.5 Å². The minimum Gasteiger partial charge on any atom is -0.489 e. The van der Waals surface area contributed by atoms with Crippen LogP contribution in [0.3, 0.4) is 0 Å². The van der Waals surface area contributed by atoms with E-state index in [2.05, 4.69) is 10.3 Å². The van der Waals surface area contributed by atoms with Crippen LogP contribution in [0.4, 0.5) is 5.69 Å². The van der Waals surface area contributed by atoms with E-state index in [0.717, 1.165) is 0 Å². The van der Waals surface area contributed by atoms with E-state index >= 15 is 0 Å². The standard InChI is InChI=1S/C16H19N3O4S/c1-9(2)23-13-5-4-10(16(21)22-3)6-11(13)19-15(20)12-8-24-14(7-17)18-12/h4-6,8-9H,7,17H2,1-3H3,(H,19,20). The molecule has 3 N–H and O–H groups in total. The highest BCUT2D eigenvalue weighted by Crippen LogP contribution is 2.28. The first-order valence-corrected chi connectivity index (χ1v) is 8.17. The van der Waals surface area contributed by atoms with E-state index in [4.69, 9.17) is 15.2 Å². The summed E-state index contributed by atoms with van der Waals surface area (Å²) in [6.45, 7) is 4.01. The molecule has 1 heterocycles. The molecule has 0 aliphatic rings. The molecule has 0 aliphatic carbocycles. The molecule has 0 bridgehead atoms. The number of ether oxygens (including phenoxy) is 2. The maximum absolute atomic E-state index is 12.4. The van der Waals surface area contributed by atoms with Crippen LogP contribution >= 0.6 is 11.3 Å². The minimum absolute atomic E-state index is 0.0901. The molecule has 2 aromatic rings. The zero-order valence-electron chi connectivity index (χ0n) is 13.7. The molecule has 8 heteroatoms. The molecular weight excluding hydrogens is 330 g/mol. The van der Waals surface area contributed by atoms with E-state index in [-0.39, 0.29) is 18.3 Å². The van der Waals surface area contributed by atoms with Gasteiger partial charge in [-0.1, -0.05) is 0 Å². The molecule has 128 valence electrons. The molecule has 0 radical (unpaired) electrons. The van der Waals surface area contributed by atoms with Gasteiger partial charge in [0.05, 0.1) is 24.5 Å². The highest BCUT2D eigenvalue weighted by Gasteiger charge is 2.16. The number of hydrogen-bond acceptors (Lipinski definition) is 7. The third kappa shape index (κ3) is 4.30. The van der Waals surface area contributed by atoms with Crippen LogP contribution < -0.4 is 15.8 Å². The van der Waals surface area contributed by atoms with Gasteiger partial charge in [0.1, 0.15) is 16.5 Å². The zero-order valence-corrected chi connectivity index (χ0v) is 14.5. The predicted octanol–water partition coefficient (Wildman–Crippen LogP) is 2.43. The topological polar surface area (TPSA) is 104 Å². The Morgan fingerprint density at radius 1 is 1.38 bits per heavy atom. The number of nitrogens with zero attached hydrogens (tertiary/aromatic N) is 1. The van der Waals surface area contributed by atoms with Crippen molar-refractivity contribution >= 4 is 28.9 Å². The van der Waals surface area contributed by atoms with Crippen molar-refractivity contribution in [1.29, 1.82) is 0 Å². The maximum Gasteiger partial charge on any atom is 0.337 e. The van der Waals surface area contributed by atoms with Crippen molar-refractivity contribution in [2.45, 2.75) is 26.5 Å². The number of thiazole rings is 1. The first-order valence-electron chi connectivity index (χ1n) is 7.29. The second-order valence-electron chi connectivity index (χ2n) is 5.15. The molecule has 7 nitrogen and oxygen atoms in total. The fourth-order valence-corrected chi connectivity index (χ4v) is 2.58. The molecule has 1 aromatic carbocycles. The van der Waals surface area contributed by atoms with Crippen molar-refractivity contribution in [2.24, 2.45) is 5.73 Å². The second kappa shape index (κ2) is 7.89. The van der Waals surface area contributed by atoms with Gasteiger partial charge >= 0.3 is 5.97 Å². The quantitative estimate of drug-likeness (QED) is 0.776. The summed E-state index contributed by atoms with van der Waals surface area (Å²) < 4.78 is 10.4. The van der Waals surface area contributed by atoms with Gasteiger partial charge in [0.25, 0.3) is 5.91 Å². The van der Waals surface area contributed by atoms with Gasteiger partial charge < -0.3 is 20.5 Å². The average molecular weight is 349 g/mol. The third-order valence-corrected chi connectivity index (χ3v) is 3.84. The minimum atomic E-state index is -0.499. The molecule has 2 rings (SSSR count). The van der Waals surface area contributed by atoms with Gasteiger partial charge in [0, 0.05) is 11.9 Å². The summed E-state index contributed by atoms with van der Waals surface area (Å²) in [7, 11) is 1.29. The highest BCUT2D eigenvalue weighted by atomic mass is 32.1. The highest BCUT2D eigenvalue weighted by molar-refractivity contribution is 7.09. The van der Waals surface area contributed by atoms with E-state index in [1.807, 2.05) is 13.8 Å². The first-order chi connectivity index (χ1) is 11.4. The van der Waals surface area contributed by atoms with Gasteiger partial charge in [0.2, 0.25) is 0 Å². The molecule has 1 aromatic heterocycles. The SMILES string of the molecule is COC(=O)c1ccc(OC(C)C)c(NC(=O)c2csc(CN)n2)c1. The van der Waals surface area contributed by atoms with Gasteiger partial charge in [-0.3, -0.25) is 4.79 Å². The van der Waals surface area contributed by atoms with Crippen LogP contribution in [-0.4, -0.2) is 30.1 Å². The average Bonchev–Trinajstić information content (AvgIpc) is 3.04. The Balaban J connectivity index is 2.30. The molecule has 24 heavy (non-hydrogen) atoms. The van der Waals surface area contributed by atoms with Gasteiger partial charge in [-0.25, -0.2) is 9.78 Å². The number of nitrogens with two attached hydrogens (primary N) is 1. The maximum atomic E-state index is 12.4. The van der Waals surface area contributed by atoms with Gasteiger partial charge in [-0.05, 0) is 32.0 Å². The summed E-state index contributed by atoms with van der Waals surface area (Å²) in [5.74, 6) is -0.442. The Bertz CT molecular complexity index is 743. The lowest BCUT2D eigenvalue weighted by atomic mass is 10.1. The molecule has 0 saturated heterocycles. The number of aromatic nitrogens is 1. The number of amides is 1. The normalized spacial score (nSPS) is 10.5. The van der Waals surface area contributed by atoms with Crippen molar-refractivity contribution in [1.82, 2.24) is 4.98 Å². The molecule has 1 amide bonds. The van der Waals surface area contributed by atoms with Crippen LogP contribution in [0.5, 0.6) is 5.75 Å². The van der Waals surface area contributed by atoms with Crippen LogP contribution in [0.25, 0.3) is 0 Å². The molecule has 0 spiro atoms. The number of nitrogens with one attached hydrogen (secondary N) is 1. The third-order valence-electron chi connectivity index (χ3n) is 2.97. The molecule has 0 fully saturated rings. The fourth-order valence-electron chi connectivity index (χ4n) is 1.92. The van der Waals surface area contributed by atoms with Crippen molar-refractivity contribution in [3.8, 4) is 5.75 Å². The summed E-state index contributed by atoms with van der Waals surface area (Å²) in [6, 6.07) is 4.71. The van der Waals surface area contributed by atoms with Gasteiger partial charge in [-0.2, -0.15) is 0 Å². The lowest BCUT2D eigenvalue weighted by Gasteiger charge is -2.15. The Morgan fingerprint density at radius 3 is 2.71 bits per heavy atom. The molecule has 0 aliphatic heterocycles. The molecule has 0 unspecified atom stereocenters. The Kier molecular flexibility index (Phi) is 5.88. The summed E-state index contributed by atoms with van der Waals surface area (Å²) in [6.07, 6.45) is -0.0901. The van der Waals surface area contributed by atoms with Crippen LogP contribution in [-0.2, 0) is 11.3 Å². The zero-order chi connectivity index (χ0) is 17.7. The number of benzene rings is 1. The lowest BCUT2D eigenvalue weighted by Crippen LogP contribution is -2.16. The number of hydrogen-bond donors (Lipinski definition) is 2. The molecule has 0 saturated carbocycles. The second-order valence-corrected chi connectivity index (χ2v) is 6.10. The Morgan fingerprint density at radius 2 is 2.12 bits per heavy atom. The van der Waals surface area contributed by atoms with Crippen LogP contribution in [0.1, 0.15) is 39.7 Å². The summed E-state index contributed by atoms with van der Waals surface area (Å²) in [5.41, 5.74) is 6.46. The van der Waals surface area contributed by atoms with Crippen molar-refractivity contribution < 1.29 is 19.1 Å². The van der Waals surface area contributed by atoms with Gasteiger partial charge in [-0.15, -0.1) is 11.3 Å². The number of anilines is 1. The van der Waals surface area contributed by atoms with E-state index in [9.17, 15) is 9.59 Å². The van der Waals surface area contributed by atoms with Crippen LogP contribution in [0.15, 0.2) is 23.6 Å². The number of carbonyl (C=O) groups is 2. The smallest absolute Gasteiger partial charge is 0.337 e. The summed E-state index contributed by atoms with van der Waals surface area (Å²) in [5, 5.41) is 5.02. The predicted molar refractivity (Wildman–Crippen MR) is 91.5 cm³/mol. The summed E-state index contributed by atoms with van der Waals surface area (Å²) >= 11 is 1.31. The number of esters is 1. The Hall–Kier alpha value is -2.45.